The van der Waals surface area contributed by atoms with Crippen molar-refractivity contribution >= 4 is 17.7 Å². The summed E-state index contributed by atoms with van der Waals surface area (Å²) in [6, 6.07) is 6.25. The molecule has 1 aromatic carbocycles. The summed E-state index contributed by atoms with van der Waals surface area (Å²) in [5.74, 6) is 0.691. The van der Waals surface area contributed by atoms with Gasteiger partial charge < -0.3 is 5.32 Å². The van der Waals surface area contributed by atoms with Crippen LogP contribution in [0.3, 0.4) is 0 Å². The number of rotatable bonds is 9. The fourth-order valence-electron chi connectivity index (χ4n) is 3.38. The van der Waals surface area contributed by atoms with Crippen LogP contribution in [-0.2, 0) is 4.79 Å². The molecule has 0 unspecified atom stereocenters. The van der Waals surface area contributed by atoms with E-state index in [4.69, 9.17) is 0 Å². The number of hydrogen-bond donors (Lipinski definition) is 1. The topological polar surface area (TPSA) is 63.1 Å². The molecular weight excluding hydrogens is 401 g/mol. The molecule has 1 aliphatic carbocycles. The third-order valence-electron chi connectivity index (χ3n) is 5.38. The number of hydrogen-bond acceptors (Lipinski definition) is 5. The van der Waals surface area contributed by atoms with Crippen molar-refractivity contribution in [3.8, 4) is 5.69 Å². The van der Waals surface area contributed by atoms with Crippen molar-refractivity contribution in [3.63, 3.8) is 0 Å². The second kappa shape index (κ2) is 10.7. The Hall–Kier alpha value is -2.19. The molecule has 0 spiro atoms. The molecular formula is C22H30FN5OS. The van der Waals surface area contributed by atoms with Gasteiger partial charge >= 0.3 is 0 Å². The summed E-state index contributed by atoms with van der Waals surface area (Å²) in [5.41, 5.74) is 2.23. The number of aromatic nitrogens is 3. The van der Waals surface area contributed by atoms with E-state index in [0.29, 0.717) is 11.7 Å². The molecule has 2 aromatic rings. The standard InChI is InChI=1S/C22H30FN5OS/c1-16(27(2)3)21-25-26-22(28(21)19-11-9-18(23)10-12-19)30-15-20(29)24-14-13-17-7-5-4-6-8-17/h7,9-12,16H,4-6,8,13-15H2,1-3H3,(H,24,29)/t16-/m1/s1. The van der Waals surface area contributed by atoms with Crippen molar-refractivity contribution in [3.05, 3.63) is 47.6 Å². The third kappa shape index (κ3) is 5.92. The summed E-state index contributed by atoms with van der Waals surface area (Å²) in [6.07, 6.45) is 8.07. The van der Waals surface area contributed by atoms with E-state index in [2.05, 4.69) is 21.6 Å². The van der Waals surface area contributed by atoms with E-state index in [1.165, 1.54) is 42.3 Å². The van der Waals surface area contributed by atoms with Crippen molar-refractivity contribution in [1.29, 1.82) is 0 Å². The first-order valence-electron chi connectivity index (χ1n) is 10.4. The van der Waals surface area contributed by atoms with Crippen LogP contribution in [0.15, 0.2) is 41.1 Å². The molecule has 30 heavy (non-hydrogen) atoms. The summed E-state index contributed by atoms with van der Waals surface area (Å²) >= 11 is 1.34. The van der Waals surface area contributed by atoms with E-state index in [0.717, 1.165) is 30.8 Å². The van der Waals surface area contributed by atoms with Gasteiger partial charge in [-0.25, -0.2) is 4.39 Å². The zero-order chi connectivity index (χ0) is 21.5. The molecule has 0 saturated heterocycles. The van der Waals surface area contributed by atoms with Gasteiger partial charge in [-0.15, -0.1) is 10.2 Å². The van der Waals surface area contributed by atoms with E-state index in [1.54, 1.807) is 12.1 Å². The largest absolute Gasteiger partial charge is 0.355 e. The van der Waals surface area contributed by atoms with E-state index in [-0.39, 0.29) is 23.5 Å². The van der Waals surface area contributed by atoms with Crippen molar-refractivity contribution < 1.29 is 9.18 Å². The normalized spacial score (nSPS) is 15.2. The quantitative estimate of drug-likeness (QED) is 0.478. The van der Waals surface area contributed by atoms with Crippen LogP contribution in [0.25, 0.3) is 5.69 Å². The highest BCUT2D eigenvalue weighted by molar-refractivity contribution is 7.99. The zero-order valence-corrected chi connectivity index (χ0v) is 18.7. The Labute approximate surface area is 181 Å². The fourth-order valence-corrected chi connectivity index (χ4v) is 4.17. The van der Waals surface area contributed by atoms with Crippen LogP contribution < -0.4 is 5.32 Å². The second-order valence-corrected chi connectivity index (χ2v) is 8.73. The fraction of sp³-hybridized carbons (Fsp3) is 0.500. The van der Waals surface area contributed by atoms with Gasteiger partial charge in [-0.05, 0) is 77.4 Å². The van der Waals surface area contributed by atoms with Gasteiger partial charge in [0.05, 0.1) is 11.8 Å². The van der Waals surface area contributed by atoms with E-state index in [1.807, 2.05) is 30.5 Å². The molecule has 8 heteroatoms. The summed E-state index contributed by atoms with van der Waals surface area (Å²) in [6.45, 7) is 2.70. The lowest BCUT2D eigenvalue weighted by Gasteiger charge is -2.20. The minimum atomic E-state index is -0.296. The predicted molar refractivity (Wildman–Crippen MR) is 118 cm³/mol. The molecule has 0 bridgehead atoms. The van der Waals surface area contributed by atoms with Crippen LogP contribution in [0, 0.1) is 5.82 Å². The molecule has 1 N–H and O–H groups in total. The average Bonchev–Trinajstić information content (AvgIpc) is 3.16. The highest BCUT2D eigenvalue weighted by Crippen LogP contribution is 2.27. The minimum Gasteiger partial charge on any atom is -0.355 e. The van der Waals surface area contributed by atoms with Crippen LogP contribution in [0.1, 0.15) is 50.9 Å². The molecule has 1 aliphatic rings. The summed E-state index contributed by atoms with van der Waals surface area (Å²) < 4.78 is 15.3. The molecule has 1 heterocycles. The van der Waals surface area contributed by atoms with Crippen LogP contribution in [0.2, 0.25) is 0 Å². The van der Waals surface area contributed by atoms with Crippen LogP contribution in [-0.4, -0.2) is 52.0 Å². The number of halogens is 1. The average molecular weight is 432 g/mol. The van der Waals surface area contributed by atoms with E-state index < -0.39 is 0 Å². The van der Waals surface area contributed by atoms with E-state index >= 15 is 0 Å². The molecule has 1 atom stereocenters. The predicted octanol–water partition coefficient (Wildman–Crippen LogP) is 4.13. The Morgan fingerprint density at radius 3 is 2.70 bits per heavy atom. The molecule has 0 aliphatic heterocycles. The maximum absolute atomic E-state index is 13.4. The van der Waals surface area contributed by atoms with Crippen molar-refractivity contribution in [2.75, 3.05) is 26.4 Å². The Balaban J connectivity index is 1.65. The van der Waals surface area contributed by atoms with Gasteiger partial charge in [0.1, 0.15) is 5.82 Å². The molecule has 0 saturated carbocycles. The monoisotopic (exact) mass is 431 g/mol. The number of nitrogens with zero attached hydrogens (tertiary/aromatic N) is 4. The molecule has 1 amide bonds. The molecule has 6 nitrogen and oxygen atoms in total. The first-order valence-corrected chi connectivity index (χ1v) is 11.4. The minimum absolute atomic E-state index is 0.00879. The summed E-state index contributed by atoms with van der Waals surface area (Å²) in [5, 5.41) is 12.3. The van der Waals surface area contributed by atoms with Crippen LogP contribution >= 0.6 is 11.8 Å². The third-order valence-corrected chi connectivity index (χ3v) is 6.31. The van der Waals surface area contributed by atoms with Crippen molar-refractivity contribution in [1.82, 2.24) is 25.0 Å². The Morgan fingerprint density at radius 2 is 2.03 bits per heavy atom. The number of benzene rings is 1. The number of allylic oxidation sites excluding steroid dienone is 1. The summed E-state index contributed by atoms with van der Waals surface area (Å²) in [4.78, 5) is 14.4. The van der Waals surface area contributed by atoms with Crippen LogP contribution in [0.5, 0.6) is 0 Å². The first-order chi connectivity index (χ1) is 14.5. The van der Waals surface area contributed by atoms with Gasteiger partial charge in [-0.1, -0.05) is 23.4 Å². The number of carbonyl (C=O) groups is 1. The Bertz CT molecular complexity index is 878. The van der Waals surface area contributed by atoms with E-state index in [9.17, 15) is 9.18 Å². The maximum atomic E-state index is 13.4. The van der Waals surface area contributed by atoms with Gasteiger partial charge in [0.15, 0.2) is 11.0 Å². The van der Waals surface area contributed by atoms with Gasteiger partial charge in [0.25, 0.3) is 0 Å². The number of nitrogens with one attached hydrogen (secondary N) is 1. The van der Waals surface area contributed by atoms with Gasteiger partial charge in [-0.2, -0.15) is 0 Å². The lowest BCUT2D eigenvalue weighted by atomic mass is 9.97. The molecule has 0 fully saturated rings. The number of carbonyl (C=O) groups excluding carboxylic acids is 1. The lowest BCUT2D eigenvalue weighted by Crippen LogP contribution is -2.26. The van der Waals surface area contributed by atoms with Gasteiger partial charge in [0, 0.05) is 12.2 Å². The van der Waals surface area contributed by atoms with Gasteiger partial charge in [-0.3, -0.25) is 14.3 Å². The number of thioether (sulfide) groups is 1. The number of amides is 1. The van der Waals surface area contributed by atoms with Crippen molar-refractivity contribution in [2.24, 2.45) is 0 Å². The molecule has 3 rings (SSSR count). The maximum Gasteiger partial charge on any atom is 0.230 e. The molecule has 162 valence electrons. The lowest BCUT2D eigenvalue weighted by molar-refractivity contribution is -0.118. The Morgan fingerprint density at radius 1 is 1.27 bits per heavy atom. The molecule has 1 aromatic heterocycles. The summed E-state index contributed by atoms with van der Waals surface area (Å²) in [7, 11) is 3.94. The Kier molecular flexibility index (Phi) is 8.04. The smallest absolute Gasteiger partial charge is 0.230 e. The van der Waals surface area contributed by atoms with Crippen LogP contribution in [0.4, 0.5) is 4.39 Å². The molecule has 0 radical (unpaired) electrons. The second-order valence-electron chi connectivity index (χ2n) is 7.79. The first kappa shape index (κ1) is 22.5. The SMILES string of the molecule is C[C@H](c1nnc(SCC(=O)NCCC2=CCCCC2)n1-c1ccc(F)cc1)N(C)C. The zero-order valence-electron chi connectivity index (χ0n) is 17.9. The van der Waals surface area contributed by atoms with Gasteiger partial charge in [0.2, 0.25) is 5.91 Å². The van der Waals surface area contributed by atoms with Crippen molar-refractivity contribution in [2.45, 2.75) is 50.2 Å². The highest BCUT2D eigenvalue weighted by atomic mass is 32.2. The highest BCUT2D eigenvalue weighted by Gasteiger charge is 2.21.